The molecule has 5 nitrogen and oxygen atoms in total. The van der Waals surface area contributed by atoms with Gasteiger partial charge in [0.25, 0.3) is 5.91 Å². The van der Waals surface area contributed by atoms with Gasteiger partial charge in [-0.2, -0.15) is 13.2 Å². The Morgan fingerprint density at radius 3 is 2.59 bits per heavy atom. The molecule has 0 saturated heterocycles. The summed E-state index contributed by atoms with van der Waals surface area (Å²) < 4.78 is 45.9. The zero-order valence-electron chi connectivity index (χ0n) is 16.2. The Morgan fingerprint density at radius 1 is 1.21 bits per heavy atom. The first-order valence-corrected chi connectivity index (χ1v) is 8.79. The Hall–Kier alpha value is -3.29. The van der Waals surface area contributed by atoms with E-state index in [1.807, 2.05) is 13.1 Å². The normalized spacial score (nSPS) is 11.4. The van der Waals surface area contributed by atoms with Crippen molar-refractivity contribution >= 4 is 5.91 Å². The summed E-state index contributed by atoms with van der Waals surface area (Å²) in [6.45, 7) is 1.91. The number of halogens is 3. The molecular formula is C21H20F3N3O2. The summed E-state index contributed by atoms with van der Waals surface area (Å²) in [5, 5.41) is 0. The molecule has 0 aliphatic rings. The van der Waals surface area contributed by atoms with E-state index < -0.39 is 11.7 Å². The maximum atomic E-state index is 12.9. The number of nitrogens with zero attached hydrogens (tertiary/aromatic N) is 3. The van der Waals surface area contributed by atoms with Gasteiger partial charge in [0.05, 0.1) is 30.4 Å². The Kier molecular flexibility index (Phi) is 5.63. The maximum Gasteiger partial charge on any atom is 0.416 e. The van der Waals surface area contributed by atoms with Gasteiger partial charge < -0.3 is 14.2 Å². The topological polar surface area (TPSA) is 47.4 Å². The number of rotatable bonds is 5. The van der Waals surface area contributed by atoms with E-state index in [0.29, 0.717) is 16.9 Å². The summed E-state index contributed by atoms with van der Waals surface area (Å²) in [6, 6.07) is 9.95. The fourth-order valence-corrected chi connectivity index (χ4v) is 2.99. The monoisotopic (exact) mass is 403 g/mol. The number of aryl methyl sites for hydroxylation is 1. The largest absolute Gasteiger partial charge is 0.495 e. The molecule has 0 radical (unpaired) electrons. The molecule has 2 aromatic carbocycles. The first kappa shape index (κ1) is 20.4. The minimum atomic E-state index is -4.42. The van der Waals surface area contributed by atoms with Crippen molar-refractivity contribution in [2.24, 2.45) is 0 Å². The van der Waals surface area contributed by atoms with Gasteiger partial charge in [0.1, 0.15) is 5.75 Å². The molecule has 0 aliphatic heterocycles. The van der Waals surface area contributed by atoms with Crippen molar-refractivity contribution in [3.63, 3.8) is 0 Å². The average Bonchev–Trinajstić information content (AvgIpc) is 3.12. The number of amides is 1. The van der Waals surface area contributed by atoms with Crippen molar-refractivity contribution in [2.75, 3.05) is 14.2 Å². The van der Waals surface area contributed by atoms with E-state index in [4.69, 9.17) is 4.74 Å². The number of methoxy groups -OCH3 is 1. The number of aromatic nitrogens is 2. The van der Waals surface area contributed by atoms with E-state index >= 15 is 0 Å². The van der Waals surface area contributed by atoms with E-state index in [1.54, 1.807) is 42.2 Å². The van der Waals surface area contributed by atoms with Crippen LogP contribution in [0, 0.1) is 6.92 Å². The van der Waals surface area contributed by atoms with Gasteiger partial charge in [0.15, 0.2) is 0 Å². The van der Waals surface area contributed by atoms with Crippen molar-refractivity contribution in [1.82, 2.24) is 14.5 Å². The number of hydrogen-bond acceptors (Lipinski definition) is 3. The summed E-state index contributed by atoms with van der Waals surface area (Å²) in [5.74, 6) is 0.162. The molecule has 29 heavy (non-hydrogen) atoms. The fraction of sp³-hybridized carbons (Fsp3) is 0.238. The summed E-state index contributed by atoms with van der Waals surface area (Å²) in [5.41, 5.74) is 1.60. The number of benzene rings is 2. The number of carbonyl (C=O) groups excluding carboxylic acids is 1. The first-order valence-electron chi connectivity index (χ1n) is 8.79. The van der Waals surface area contributed by atoms with Gasteiger partial charge >= 0.3 is 6.18 Å². The minimum Gasteiger partial charge on any atom is -0.495 e. The molecule has 3 rings (SSSR count). The van der Waals surface area contributed by atoms with Gasteiger partial charge in [0, 0.05) is 25.4 Å². The summed E-state index contributed by atoms with van der Waals surface area (Å²) in [7, 11) is 3.05. The van der Waals surface area contributed by atoms with Crippen LogP contribution in [0.4, 0.5) is 13.2 Å². The Labute approximate surface area is 166 Å². The minimum absolute atomic E-state index is 0.0491. The fourth-order valence-electron chi connectivity index (χ4n) is 2.99. The third-order valence-corrected chi connectivity index (χ3v) is 4.44. The predicted octanol–water partition coefficient (Wildman–Crippen LogP) is 4.48. The van der Waals surface area contributed by atoms with Crippen molar-refractivity contribution in [2.45, 2.75) is 19.6 Å². The van der Waals surface area contributed by atoms with Crippen LogP contribution in [0.2, 0.25) is 0 Å². The first-order chi connectivity index (χ1) is 13.7. The lowest BCUT2D eigenvalue weighted by atomic mass is 10.1. The van der Waals surface area contributed by atoms with Crippen LogP contribution in [0.5, 0.6) is 5.75 Å². The molecule has 0 N–H and O–H groups in total. The van der Waals surface area contributed by atoms with E-state index in [0.717, 1.165) is 23.5 Å². The van der Waals surface area contributed by atoms with Crippen LogP contribution in [0.25, 0.3) is 5.69 Å². The third kappa shape index (κ3) is 4.59. The standard InChI is InChI=1S/C21H20F3N3O2/c1-14-11-27(13-25-14)18-8-7-16(10-19(18)29-3)20(28)26(2)12-15-5-4-6-17(9-15)21(22,23)24/h4-11,13H,12H2,1-3H3. The van der Waals surface area contributed by atoms with Crippen molar-refractivity contribution < 1.29 is 22.7 Å². The molecule has 0 bridgehead atoms. The maximum absolute atomic E-state index is 12.9. The SMILES string of the molecule is COc1cc(C(=O)N(C)Cc2cccc(C(F)(F)F)c2)ccc1-n1cnc(C)c1. The van der Waals surface area contributed by atoms with Crippen molar-refractivity contribution in [3.05, 3.63) is 77.4 Å². The highest BCUT2D eigenvalue weighted by Gasteiger charge is 2.30. The highest BCUT2D eigenvalue weighted by Crippen LogP contribution is 2.30. The molecule has 3 aromatic rings. The van der Waals surface area contributed by atoms with Gasteiger partial charge in [0.2, 0.25) is 0 Å². The molecule has 0 unspecified atom stereocenters. The molecule has 0 atom stereocenters. The van der Waals surface area contributed by atoms with Crippen LogP contribution in [0.1, 0.15) is 27.2 Å². The molecule has 1 aromatic heterocycles. The second-order valence-corrected chi connectivity index (χ2v) is 6.67. The highest BCUT2D eigenvalue weighted by atomic mass is 19.4. The second kappa shape index (κ2) is 7.98. The van der Waals surface area contributed by atoms with Crippen molar-refractivity contribution in [3.8, 4) is 11.4 Å². The Bertz CT molecular complexity index is 1030. The number of carbonyl (C=O) groups is 1. The lowest BCUT2D eigenvalue weighted by Crippen LogP contribution is -2.26. The van der Waals surface area contributed by atoms with Crippen LogP contribution in [-0.4, -0.2) is 34.5 Å². The van der Waals surface area contributed by atoms with Crippen LogP contribution in [-0.2, 0) is 12.7 Å². The van der Waals surface area contributed by atoms with E-state index in [2.05, 4.69) is 4.98 Å². The molecule has 8 heteroatoms. The van der Waals surface area contributed by atoms with Crippen LogP contribution >= 0.6 is 0 Å². The molecule has 0 saturated carbocycles. The number of alkyl halides is 3. The summed E-state index contributed by atoms with van der Waals surface area (Å²) in [6.07, 6.45) is -0.943. The zero-order chi connectivity index (χ0) is 21.2. The molecule has 0 spiro atoms. The molecule has 0 fully saturated rings. The lowest BCUT2D eigenvalue weighted by Gasteiger charge is -2.19. The molecule has 1 amide bonds. The highest BCUT2D eigenvalue weighted by molar-refractivity contribution is 5.94. The van der Waals surface area contributed by atoms with Crippen molar-refractivity contribution in [1.29, 1.82) is 0 Å². The number of imidazole rings is 1. The average molecular weight is 403 g/mol. The van der Waals surface area contributed by atoms with Gasteiger partial charge in [-0.05, 0) is 42.8 Å². The Balaban J connectivity index is 1.81. The quantitative estimate of drug-likeness (QED) is 0.631. The van der Waals surface area contributed by atoms with Gasteiger partial charge in [-0.15, -0.1) is 0 Å². The Morgan fingerprint density at radius 2 is 1.97 bits per heavy atom. The van der Waals surface area contributed by atoms with Gasteiger partial charge in [-0.3, -0.25) is 4.79 Å². The van der Waals surface area contributed by atoms with E-state index in [1.165, 1.54) is 18.1 Å². The predicted molar refractivity (Wildman–Crippen MR) is 102 cm³/mol. The summed E-state index contributed by atoms with van der Waals surface area (Å²) >= 11 is 0. The van der Waals surface area contributed by atoms with Gasteiger partial charge in [-0.1, -0.05) is 12.1 Å². The lowest BCUT2D eigenvalue weighted by molar-refractivity contribution is -0.137. The van der Waals surface area contributed by atoms with E-state index in [-0.39, 0.29) is 12.5 Å². The summed E-state index contributed by atoms with van der Waals surface area (Å²) in [4.78, 5) is 18.3. The van der Waals surface area contributed by atoms with E-state index in [9.17, 15) is 18.0 Å². The number of hydrogen-bond donors (Lipinski definition) is 0. The van der Waals surface area contributed by atoms with Crippen LogP contribution in [0.15, 0.2) is 55.0 Å². The van der Waals surface area contributed by atoms with Gasteiger partial charge in [-0.25, -0.2) is 4.98 Å². The van der Waals surface area contributed by atoms with Crippen LogP contribution < -0.4 is 4.74 Å². The molecule has 0 aliphatic carbocycles. The molecule has 1 heterocycles. The van der Waals surface area contributed by atoms with Crippen LogP contribution in [0.3, 0.4) is 0 Å². The molecular weight excluding hydrogens is 383 g/mol. The zero-order valence-corrected chi connectivity index (χ0v) is 16.2. The molecule has 152 valence electrons. The number of ether oxygens (including phenoxy) is 1. The second-order valence-electron chi connectivity index (χ2n) is 6.67. The smallest absolute Gasteiger partial charge is 0.416 e. The third-order valence-electron chi connectivity index (χ3n) is 4.44.